The summed E-state index contributed by atoms with van der Waals surface area (Å²) in [7, 11) is 0. The van der Waals surface area contributed by atoms with Crippen LogP contribution in [0.25, 0.3) is 6.08 Å². The number of benzene rings is 2. The van der Waals surface area contributed by atoms with Crippen molar-refractivity contribution in [3.05, 3.63) is 75.8 Å². The van der Waals surface area contributed by atoms with Crippen LogP contribution in [0.2, 0.25) is 10.0 Å². The maximum Gasteiger partial charge on any atom is 0.157 e. The van der Waals surface area contributed by atoms with Crippen LogP contribution in [-0.2, 0) is 0 Å². The lowest BCUT2D eigenvalue weighted by molar-refractivity contribution is 0.664. The number of rotatable bonds is 5. The van der Waals surface area contributed by atoms with E-state index in [1.807, 2.05) is 36.4 Å². The Kier molecular flexibility index (Phi) is 6.24. The van der Waals surface area contributed by atoms with Crippen LogP contribution in [0.1, 0.15) is 23.6 Å². The van der Waals surface area contributed by atoms with Gasteiger partial charge in [0.2, 0.25) is 0 Å². The molecule has 1 aliphatic rings. The maximum absolute atomic E-state index is 6.43. The van der Waals surface area contributed by atoms with Crippen LogP contribution in [0, 0.1) is 0 Å². The van der Waals surface area contributed by atoms with E-state index in [0.29, 0.717) is 10.0 Å². The molecule has 0 fully saturated rings. The van der Waals surface area contributed by atoms with Crippen molar-refractivity contribution < 1.29 is 0 Å². The number of nitrogens with one attached hydrogen (secondary N) is 1. The molecule has 0 saturated heterocycles. The van der Waals surface area contributed by atoms with Crippen molar-refractivity contribution >= 4 is 46.2 Å². The van der Waals surface area contributed by atoms with Gasteiger partial charge in [0.05, 0.1) is 22.6 Å². The second kappa shape index (κ2) is 8.61. The van der Waals surface area contributed by atoms with Gasteiger partial charge in [-0.25, -0.2) is 0 Å². The van der Waals surface area contributed by atoms with E-state index in [4.69, 9.17) is 23.2 Å². The van der Waals surface area contributed by atoms with Crippen molar-refractivity contribution in [1.82, 2.24) is 5.32 Å². The molecule has 0 aromatic heterocycles. The smallest absolute Gasteiger partial charge is 0.157 e. The first-order chi connectivity index (χ1) is 11.7. The van der Waals surface area contributed by atoms with E-state index < -0.39 is 0 Å². The van der Waals surface area contributed by atoms with Gasteiger partial charge < -0.3 is 5.32 Å². The van der Waals surface area contributed by atoms with Crippen LogP contribution in [0.4, 0.5) is 0 Å². The molecular formula is C19H18Cl2N2S. The summed E-state index contributed by atoms with van der Waals surface area (Å²) < 4.78 is 0. The standard InChI is InChI=1S/C19H18Cl2N2S/c20-16-10-5-9-15(18(16)21)17(23-19-22-12-13-24-19)11-4-8-14-6-2-1-3-7-14/h1-10,17H,11-13H2,(H,22,23)/b8-4+. The average molecular weight is 377 g/mol. The lowest BCUT2D eigenvalue weighted by atomic mass is 10.0. The summed E-state index contributed by atoms with van der Waals surface area (Å²) in [6.07, 6.45) is 5.08. The van der Waals surface area contributed by atoms with Gasteiger partial charge in [-0.2, -0.15) is 0 Å². The summed E-state index contributed by atoms with van der Waals surface area (Å²) >= 11 is 14.4. The van der Waals surface area contributed by atoms with Gasteiger partial charge in [-0.05, 0) is 23.6 Å². The Hall–Kier alpha value is -1.42. The minimum Gasteiger partial charge on any atom is -0.358 e. The molecule has 0 radical (unpaired) electrons. The highest BCUT2D eigenvalue weighted by Gasteiger charge is 2.18. The summed E-state index contributed by atoms with van der Waals surface area (Å²) in [5.74, 6) is 1.03. The Morgan fingerprint density at radius 1 is 1.12 bits per heavy atom. The fourth-order valence-corrected chi connectivity index (χ4v) is 3.75. The monoisotopic (exact) mass is 376 g/mol. The van der Waals surface area contributed by atoms with Crippen molar-refractivity contribution in [3.63, 3.8) is 0 Å². The van der Waals surface area contributed by atoms with Gasteiger partial charge in [0, 0.05) is 5.75 Å². The molecule has 0 spiro atoms. The number of thioether (sulfide) groups is 1. The third-order valence-corrected chi connectivity index (χ3v) is 5.46. The van der Waals surface area contributed by atoms with E-state index in [1.54, 1.807) is 11.8 Å². The first kappa shape index (κ1) is 17.4. The van der Waals surface area contributed by atoms with Gasteiger partial charge in [-0.15, -0.1) is 0 Å². The number of halogens is 2. The van der Waals surface area contributed by atoms with E-state index >= 15 is 0 Å². The Morgan fingerprint density at radius 3 is 2.71 bits per heavy atom. The highest BCUT2D eigenvalue weighted by Crippen LogP contribution is 2.32. The molecule has 2 nitrogen and oxygen atoms in total. The Bertz CT molecular complexity index is 744. The summed E-state index contributed by atoms with van der Waals surface area (Å²) in [5, 5.41) is 5.66. The average Bonchev–Trinajstić information content (AvgIpc) is 3.11. The first-order valence-electron chi connectivity index (χ1n) is 7.83. The van der Waals surface area contributed by atoms with Crippen molar-refractivity contribution in [1.29, 1.82) is 0 Å². The number of hydrogen-bond acceptors (Lipinski definition) is 3. The van der Waals surface area contributed by atoms with Crippen molar-refractivity contribution in [3.8, 4) is 0 Å². The molecule has 1 unspecified atom stereocenters. The third kappa shape index (κ3) is 4.56. The van der Waals surface area contributed by atoms with E-state index in [2.05, 4.69) is 34.6 Å². The van der Waals surface area contributed by atoms with Crippen molar-refractivity contribution in [2.45, 2.75) is 12.5 Å². The van der Waals surface area contributed by atoms with Gasteiger partial charge in [0.15, 0.2) is 5.17 Å². The molecule has 0 saturated carbocycles. The van der Waals surface area contributed by atoms with Crippen molar-refractivity contribution in [2.24, 2.45) is 4.99 Å². The topological polar surface area (TPSA) is 24.4 Å². The molecule has 2 aromatic carbocycles. The number of aliphatic imine (C=N–C) groups is 1. The van der Waals surface area contributed by atoms with E-state index in [0.717, 1.165) is 29.4 Å². The predicted octanol–water partition coefficient (Wildman–Crippen LogP) is 5.83. The molecule has 0 bridgehead atoms. The minimum absolute atomic E-state index is 0.0421. The number of nitrogens with zero attached hydrogens (tertiary/aromatic N) is 1. The summed E-state index contributed by atoms with van der Waals surface area (Å²) in [6.45, 7) is 0.864. The van der Waals surface area contributed by atoms with Gasteiger partial charge in [-0.1, -0.05) is 89.6 Å². The normalized spacial score (nSPS) is 15.5. The number of hydrogen-bond donors (Lipinski definition) is 1. The minimum atomic E-state index is 0.0421. The molecule has 1 N–H and O–H groups in total. The van der Waals surface area contributed by atoms with Crippen molar-refractivity contribution in [2.75, 3.05) is 12.3 Å². The fourth-order valence-electron chi connectivity index (χ4n) is 2.53. The summed E-state index contributed by atoms with van der Waals surface area (Å²) in [6, 6.07) is 16.1. The van der Waals surface area contributed by atoms with Crippen LogP contribution in [-0.4, -0.2) is 17.5 Å². The highest BCUT2D eigenvalue weighted by molar-refractivity contribution is 8.14. The van der Waals surface area contributed by atoms with Gasteiger partial charge in [-0.3, -0.25) is 4.99 Å². The van der Waals surface area contributed by atoms with Gasteiger partial charge in [0.1, 0.15) is 0 Å². The quantitative estimate of drug-likeness (QED) is 0.709. The molecule has 0 amide bonds. The van der Waals surface area contributed by atoms with E-state index in [9.17, 15) is 0 Å². The molecule has 3 rings (SSSR count). The zero-order valence-electron chi connectivity index (χ0n) is 13.1. The molecule has 0 aliphatic carbocycles. The van der Waals surface area contributed by atoms with Crippen LogP contribution in [0.15, 0.2) is 59.6 Å². The molecule has 5 heteroatoms. The number of amidine groups is 1. The molecular weight excluding hydrogens is 359 g/mol. The third-order valence-electron chi connectivity index (χ3n) is 3.72. The SMILES string of the molecule is Clc1cccc(C(C/C=C/c2ccccc2)NC2=NCCS2)c1Cl. The molecule has 124 valence electrons. The highest BCUT2D eigenvalue weighted by atomic mass is 35.5. The Balaban J connectivity index is 1.79. The molecule has 1 atom stereocenters. The van der Waals surface area contributed by atoms with Gasteiger partial charge in [0.25, 0.3) is 0 Å². The molecule has 2 aromatic rings. The first-order valence-corrected chi connectivity index (χ1v) is 9.57. The lowest BCUT2D eigenvalue weighted by Crippen LogP contribution is -2.25. The van der Waals surface area contributed by atoms with Gasteiger partial charge >= 0.3 is 0 Å². The zero-order chi connectivity index (χ0) is 16.8. The molecule has 1 aliphatic heterocycles. The van der Waals surface area contributed by atoms with Crippen LogP contribution in [0.3, 0.4) is 0 Å². The Morgan fingerprint density at radius 2 is 1.96 bits per heavy atom. The largest absolute Gasteiger partial charge is 0.358 e. The van der Waals surface area contributed by atoms with Crippen LogP contribution < -0.4 is 5.32 Å². The molecule has 1 heterocycles. The van der Waals surface area contributed by atoms with Crippen LogP contribution in [0.5, 0.6) is 0 Å². The second-order valence-electron chi connectivity index (χ2n) is 5.42. The van der Waals surface area contributed by atoms with E-state index in [1.165, 1.54) is 5.56 Å². The summed E-state index contributed by atoms with van der Waals surface area (Å²) in [4.78, 5) is 4.49. The Labute approximate surface area is 157 Å². The fraction of sp³-hybridized carbons (Fsp3) is 0.211. The molecule has 24 heavy (non-hydrogen) atoms. The van der Waals surface area contributed by atoms with E-state index in [-0.39, 0.29) is 6.04 Å². The second-order valence-corrected chi connectivity index (χ2v) is 7.29. The van der Waals surface area contributed by atoms with Crippen LogP contribution >= 0.6 is 35.0 Å². The maximum atomic E-state index is 6.43. The zero-order valence-corrected chi connectivity index (χ0v) is 15.4. The lowest BCUT2D eigenvalue weighted by Gasteiger charge is -2.20. The predicted molar refractivity (Wildman–Crippen MR) is 107 cm³/mol. The summed E-state index contributed by atoms with van der Waals surface area (Å²) in [5.41, 5.74) is 2.18.